The van der Waals surface area contributed by atoms with Crippen LogP contribution in [0, 0.1) is 0 Å². The molecule has 9 heteroatoms. The highest BCUT2D eigenvalue weighted by molar-refractivity contribution is 5.75. The summed E-state index contributed by atoms with van der Waals surface area (Å²) in [5, 5.41) is 14.3. The Balaban J connectivity index is 1.33. The number of nitrogens with zero attached hydrogens (tertiary/aromatic N) is 4. The molecule has 2 N–H and O–H groups in total. The molecule has 3 aromatic heterocycles. The first kappa shape index (κ1) is 16.5. The van der Waals surface area contributed by atoms with E-state index in [1.165, 1.54) is 6.26 Å². The van der Waals surface area contributed by atoms with Crippen molar-refractivity contribution in [1.82, 2.24) is 30.6 Å². The van der Waals surface area contributed by atoms with Crippen LogP contribution in [0.2, 0.25) is 0 Å². The predicted octanol–water partition coefficient (Wildman–Crippen LogP) is 1.31. The van der Waals surface area contributed by atoms with Crippen LogP contribution in [0.1, 0.15) is 30.3 Å². The summed E-state index contributed by atoms with van der Waals surface area (Å²) in [4.78, 5) is 16.5. The Labute approximate surface area is 149 Å². The molecular weight excluding hydrogens is 336 g/mol. The van der Waals surface area contributed by atoms with Gasteiger partial charge in [0.25, 0.3) is 5.89 Å². The van der Waals surface area contributed by atoms with E-state index in [1.54, 1.807) is 23.0 Å². The molecule has 1 aliphatic heterocycles. The van der Waals surface area contributed by atoms with Crippen LogP contribution in [-0.4, -0.2) is 38.9 Å². The van der Waals surface area contributed by atoms with E-state index in [2.05, 4.69) is 25.9 Å². The molecule has 0 aliphatic carbocycles. The van der Waals surface area contributed by atoms with Crippen molar-refractivity contribution in [2.45, 2.75) is 31.8 Å². The van der Waals surface area contributed by atoms with Crippen LogP contribution in [0.5, 0.6) is 0 Å². The molecule has 0 aromatic carbocycles. The van der Waals surface area contributed by atoms with Gasteiger partial charge in [-0.3, -0.25) is 9.48 Å². The highest BCUT2D eigenvalue weighted by Gasteiger charge is 2.20. The lowest BCUT2D eigenvalue weighted by atomic mass is 9.96. The molecule has 0 unspecified atom stereocenters. The molecule has 1 amide bonds. The number of piperidine rings is 1. The minimum absolute atomic E-state index is 0.150. The molecule has 0 radical (unpaired) electrons. The molecule has 4 rings (SSSR count). The second kappa shape index (κ2) is 7.52. The van der Waals surface area contributed by atoms with Crippen molar-refractivity contribution in [3.63, 3.8) is 0 Å². The van der Waals surface area contributed by atoms with E-state index in [-0.39, 0.29) is 19.0 Å². The van der Waals surface area contributed by atoms with Crippen molar-refractivity contribution in [3.8, 4) is 11.7 Å². The van der Waals surface area contributed by atoms with E-state index in [0.29, 0.717) is 23.4 Å². The van der Waals surface area contributed by atoms with Gasteiger partial charge in [0, 0.05) is 24.4 Å². The zero-order chi connectivity index (χ0) is 17.8. The Morgan fingerprint density at radius 1 is 1.42 bits per heavy atom. The number of hydrogen-bond donors (Lipinski definition) is 2. The lowest BCUT2D eigenvalue weighted by Crippen LogP contribution is -2.32. The van der Waals surface area contributed by atoms with Gasteiger partial charge in [-0.15, -0.1) is 0 Å². The Bertz CT molecular complexity index is 848. The van der Waals surface area contributed by atoms with Crippen LogP contribution in [0.4, 0.5) is 0 Å². The summed E-state index contributed by atoms with van der Waals surface area (Å²) in [6, 6.07) is 5.46. The molecule has 0 saturated carbocycles. The summed E-state index contributed by atoms with van der Waals surface area (Å²) in [6.07, 6.45) is 5.52. The largest absolute Gasteiger partial charge is 0.459 e. The van der Waals surface area contributed by atoms with Crippen LogP contribution in [0.3, 0.4) is 0 Å². The van der Waals surface area contributed by atoms with Crippen LogP contribution in [0.15, 0.2) is 39.6 Å². The van der Waals surface area contributed by atoms with Gasteiger partial charge in [0.15, 0.2) is 11.6 Å². The van der Waals surface area contributed by atoms with E-state index >= 15 is 0 Å². The Kier molecular flexibility index (Phi) is 4.78. The number of hydrogen-bond acceptors (Lipinski definition) is 7. The second-order valence-corrected chi connectivity index (χ2v) is 6.23. The van der Waals surface area contributed by atoms with Crippen molar-refractivity contribution in [2.24, 2.45) is 0 Å². The molecule has 26 heavy (non-hydrogen) atoms. The Morgan fingerprint density at radius 2 is 2.38 bits per heavy atom. The molecule has 4 heterocycles. The van der Waals surface area contributed by atoms with E-state index in [9.17, 15) is 4.79 Å². The fourth-order valence-corrected chi connectivity index (χ4v) is 3.12. The summed E-state index contributed by atoms with van der Waals surface area (Å²) in [7, 11) is 0. The van der Waals surface area contributed by atoms with Crippen LogP contribution < -0.4 is 10.6 Å². The maximum absolute atomic E-state index is 12.3. The maximum atomic E-state index is 12.3. The van der Waals surface area contributed by atoms with Crippen LogP contribution in [-0.2, 0) is 17.9 Å². The molecule has 1 saturated heterocycles. The smallest absolute Gasteiger partial charge is 0.293 e. The summed E-state index contributed by atoms with van der Waals surface area (Å²) >= 11 is 0. The number of carbonyl (C=O) groups is 1. The number of nitrogens with one attached hydrogen (secondary N) is 2. The molecule has 3 aromatic rings. The van der Waals surface area contributed by atoms with E-state index in [4.69, 9.17) is 8.94 Å². The zero-order valence-electron chi connectivity index (χ0n) is 14.2. The first-order valence-electron chi connectivity index (χ1n) is 8.65. The highest BCUT2D eigenvalue weighted by atomic mass is 16.5. The van der Waals surface area contributed by atoms with Crippen molar-refractivity contribution in [3.05, 3.63) is 42.2 Å². The van der Waals surface area contributed by atoms with Gasteiger partial charge in [-0.2, -0.15) is 10.1 Å². The summed E-state index contributed by atoms with van der Waals surface area (Å²) in [5.41, 5.74) is 1.09. The first-order valence-corrected chi connectivity index (χ1v) is 8.65. The quantitative estimate of drug-likeness (QED) is 0.685. The van der Waals surface area contributed by atoms with Gasteiger partial charge in [0.1, 0.15) is 6.54 Å². The number of amides is 1. The molecular formula is C17H20N6O3. The zero-order valence-corrected chi connectivity index (χ0v) is 14.2. The summed E-state index contributed by atoms with van der Waals surface area (Å²) < 4.78 is 12.1. The minimum Gasteiger partial charge on any atom is -0.459 e. The summed E-state index contributed by atoms with van der Waals surface area (Å²) in [5.74, 6) is 1.42. The maximum Gasteiger partial charge on any atom is 0.293 e. The third-order valence-electron chi connectivity index (χ3n) is 4.40. The molecule has 136 valence electrons. The third-order valence-corrected chi connectivity index (χ3v) is 4.40. The van der Waals surface area contributed by atoms with Gasteiger partial charge >= 0.3 is 0 Å². The number of rotatable bonds is 6. The average molecular weight is 356 g/mol. The van der Waals surface area contributed by atoms with Crippen molar-refractivity contribution >= 4 is 5.91 Å². The molecule has 9 nitrogen and oxygen atoms in total. The third kappa shape index (κ3) is 3.67. The fourth-order valence-electron chi connectivity index (χ4n) is 3.12. The average Bonchev–Trinajstić information content (AvgIpc) is 3.41. The minimum atomic E-state index is -0.150. The lowest BCUT2D eigenvalue weighted by Gasteiger charge is -2.23. The van der Waals surface area contributed by atoms with Gasteiger partial charge < -0.3 is 19.6 Å². The Morgan fingerprint density at radius 3 is 3.19 bits per heavy atom. The van der Waals surface area contributed by atoms with E-state index in [1.807, 2.05) is 6.07 Å². The van der Waals surface area contributed by atoms with Gasteiger partial charge in [0.05, 0.1) is 12.8 Å². The Hall–Kier alpha value is -2.94. The van der Waals surface area contributed by atoms with Crippen molar-refractivity contribution in [2.75, 3.05) is 13.1 Å². The highest BCUT2D eigenvalue weighted by Crippen LogP contribution is 2.22. The van der Waals surface area contributed by atoms with Crippen LogP contribution in [0.25, 0.3) is 11.7 Å². The fraction of sp³-hybridized carbons (Fsp3) is 0.412. The number of aromatic nitrogens is 4. The predicted molar refractivity (Wildman–Crippen MR) is 90.9 cm³/mol. The van der Waals surface area contributed by atoms with E-state index in [0.717, 1.165) is 31.6 Å². The van der Waals surface area contributed by atoms with Gasteiger partial charge in [-0.05, 0) is 37.6 Å². The van der Waals surface area contributed by atoms with Gasteiger partial charge in [-0.1, -0.05) is 5.16 Å². The number of carbonyl (C=O) groups excluding carboxylic acids is 1. The SMILES string of the molecule is O=C(Cn1nccc1[C@@H]1CCCNC1)NCc1noc(-c2ccco2)n1. The van der Waals surface area contributed by atoms with Crippen molar-refractivity contribution in [1.29, 1.82) is 0 Å². The topological polar surface area (TPSA) is 111 Å². The van der Waals surface area contributed by atoms with E-state index < -0.39 is 0 Å². The van der Waals surface area contributed by atoms with Crippen LogP contribution >= 0.6 is 0 Å². The monoisotopic (exact) mass is 356 g/mol. The standard InChI is InChI=1S/C17H20N6O3/c24-16(11-23-13(5-7-20-23)12-3-1-6-18-9-12)19-10-15-21-17(26-22-15)14-4-2-8-25-14/h2,4-5,7-8,12,18H,1,3,6,9-11H2,(H,19,24)/t12-/m1/s1. The molecule has 1 atom stereocenters. The molecule has 1 aliphatic rings. The molecule has 0 spiro atoms. The molecule has 1 fully saturated rings. The van der Waals surface area contributed by atoms with Crippen molar-refractivity contribution < 1.29 is 13.7 Å². The first-order chi connectivity index (χ1) is 12.8. The normalized spacial score (nSPS) is 17.3. The second-order valence-electron chi connectivity index (χ2n) is 6.23. The summed E-state index contributed by atoms with van der Waals surface area (Å²) in [6.45, 7) is 2.33. The lowest BCUT2D eigenvalue weighted by molar-refractivity contribution is -0.122. The van der Waals surface area contributed by atoms with Gasteiger partial charge in [0.2, 0.25) is 5.91 Å². The van der Waals surface area contributed by atoms with Gasteiger partial charge in [-0.25, -0.2) is 0 Å². The molecule has 0 bridgehead atoms. The number of furan rings is 1.